The van der Waals surface area contributed by atoms with E-state index in [0.29, 0.717) is 0 Å². The van der Waals surface area contributed by atoms with Gasteiger partial charge in [-0.25, -0.2) is 0 Å². The van der Waals surface area contributed by atoms with Gasteiger partial charge in [0.1, 0.15) is 10.8 Å². The molecule has 0 radical (unpaired) electrons. The smallest absolute Gasteiger partial charge is 0.316 e. The van der Waals surface area contributed by atoms with Gasteiger partial charge in [0.05, 0.1) is 25.4 Å². The van der Waals surface area contributed by atoms with Crippen molar-refractivity contribution in [3.63, 3.8) is 0 Å². The largest absolute Gasteiger partial charge is 0.468 e. The number of ether oxygens (including phenoxy) is 3. The summed E-state index contributed by atoms with van der Waals surface area (Å²) < 4.78 is 16.9. The molecule has 2 bridgehead atoms. The highest BCUT2D eigenvalue weighted by Crippen LogP contribution is 3.08. The van der Waals surface area contributed by atoms with Gasteiger partial charge in [0.25, 0.3) is 0 Å². The van der Waals surface area contributed by atoms with Gasteiger partial charge in [0, 0.05) is 11.8 Å². The Morgan fingerprint density at radius 3 is 1.57 bits per heavy atom. The SMILES string of the molecule is COC(=O)C12C3C4C5(CCCCCCCCC31O5)C42C(=O)OC. The zero-order valence-electron chi connectivity index (χ0n) is 13.9. The van der Waals surface area contributed by atoms with Crippen LogP contribution in [-0.2, 0) is 23.8 Å². The molecule has 3 saturated heterocycles. The molecular formula is C18H24O5. The molecule has 6 rings (SSSR count). The fourth-order valence-corrected chi connectivity index (χ4v) is 7.32. The van der Waals surface area contributed by atoms with Crippen LogP contribution in [0, 0.1) is 22.7 Å². The number of rotatable bonds is 2. The maximum atomic E-state index is 12.7. The van der Waals surface area contributed by atoms with E-state index in [1.807, 2.05) is 0 Å². The Balaban J connectivity index is 1.61. The lowest BCUT2D eigenvalue weighted by atomic mass is 9.70. The van der Waals surface area contributed by atoms with Crippen molar-refractivity contribution >= 4 is 11.9 Å². The molecule has 3 aliphatic heterocycles. The molecule has 6 aliphatic rings. The molecule has 0 N–H and O–H groups in total. The van der Waals surface area contributed by atoms with Crippen LogP contribution in [0.25, 0.3) is 0 Å². The number of esters is 2. The van der Waals surface area contributed by atoms with Crippen molar-refractivity contribution in [3.05, 3.63) is 0 Å². The zero-order valence-corrected chi connectivity index (χ0v) is 13.9. The molecule has 3 saturated carbocycles. The minimum Gasteiger partial charge on any atom is -0.468 e. The van der Waals surface area contributed by atoms with Crippen LogP contribution >= 0.6 is 0 Å². The standard InChI is InChI=1S/C18H24O5/c1-21-13(19)17-11-12-16(18(12,17)14(20)22-2)10-8-6-4-3-5-7-9-15(11,17)23-16/h11-12H,3-10H2,1-2H3. The first kappa shape index (κ1) is 14.3. The van der Waals surface area contributed by atoms with Gasteiger partial charge in [-0.3, -0.25) is 9.59 Å². The summed E-state index contributed by atoms with van der Waals surface area (Å²) in [4.78, 5) is 25.5. The maximum Gasteiger partial charge on any atom is 0.316 e. The molecule has 5 nitrogen and oxygen atoms in total. The van der Waals surface area contributed by atoms with Gasteiger partial charge in [0.15, 0.2) is 0 Å². The van der Waals surface area contributed by atoms with E-state index in [9.17, 15) is 9.59 Å². The van der Waals surface area contributed by atoms with Crippen LogP contribution in [0.4, 0.5) is 0 Å². The molecule has 3 heterocycles. The molecule has 0 aromatic rings. The second-order valence-corrected chi connectivity index (χ2v) is 8.06. The first-order valence-electron chi connectivity index (χ1n) is 8.99. The monoisotopic (exact) mass is 320 g/mol. The molecule has 2 spiro atoms. The third-order valence-electron chi connectivity index (χ3n) is 7.79. The van der Waals surface area contributed by atoms with Crippen LogP contribution in [0.5, 0.6) is 0 Å². The Bertz CT molecular complexity index is 565. The summed E-state index contributed by atoms with van der Waals surface area (Å²) in [5.41, 5.74) is -2.37. The molecule has 6 fully saturated rings. The molecule has 0 aromatic heterocycles. The van der Waals surface area contributed by atoms with Gasteiger partial charge >= 0.3 is 11.9 Å². The predicted molar refractivity (Wildman–Crippen MR) is 79.4 cm³/mol. The second kappa shape index (κ2) is 3.93. The molecule has 0 aromatic carbocycles. The maximum absolute atomic E-state index is 12.7. The predicted octanol–water partition coefficient (Wildman–Crippen LogP) is 2.22. The van der Waals surface area contributed by atoms with Crippen molar-refractivity contribution in [1.82, 2.24) is 0 Å². The average molecular weight is 320 g/mol. The fraction of sp³-hybridized carbons (Fsp3) is 0.889. The zero-order chi connectivity index (χ0) is 16.1. The topological polar surface area (TPSA) is 61.8 Å². The second-order valence-electron chi connectivity index (χ2n) is 8.06. The Labute approximate surface area is 136 Å². The molecular weight excluding hydrogens is 296 g/mol. The first-order valence-corrected chi connectivity index (χ1v) is 8.99. The van der Waals surface area contributed by atoms with Crippen LogP contribution in [0.3, 0.4) is 0 Å². The van der Waals surface area contributed by atoms with Gasteiger partial charge in [-0.05, 0) is 12.8 Å². The Kier molecular flexibility index (Phi) is 2.44. The summed E-state index contributed by atoms with van der Waals surface area (Å²) in [6.45, 7) is 0. The highest BCUT2D eigenvalue weighted by Gasteiger charge is 3.21. The minimum atomic E-state index is -0.744. The van der Waals surface area contributed by atoms with E-state index in [1.54, 1.807) is 0 Å². The van der Waals surface area contributed by atoms with Crippen molar-refractivity contribution in [2.24, 2.45) is 22.7 Å². The van der Waals surface area contributed by atoms with Crippen molar-refractivity contribution in [3.8, 4) is 0 Å². The number of carbonyl (C=O) groups is 2. The Morgan fingerprint density at radius 2 is 1.17 bits per heavy atom. The number of hydrogen-bond donors (Lipinski definition) is 0. The highest BCUT2D eigenvalue weighted by atomic mass is 16.6. The van der Waals surface area contributed by atoms with Crippen molar-refractivity contribution < 1.29 is 23.8 Å². The van der Waals surface area contributed by atoms with Crippen LogP contribution in [0.2, 0.25) is 0 Å². The van der Waals surface area contributed by atoms with E-state index in [0.717, 1.165) is 25.7 Å². The van der Waals surface area contributed by atoms with E-state index in [2.05, 4.69) is 0 Å². The third-order valence-corrected chi connectivity index (χ3v) is 7.79. The lowest BCUT2D eigenvalue weighted by molar-refractivity contribution is -0.169. The molecule has 0 amide bonds. The molecule has 23 heavy (non-hydrogen) atoms. The third kappa shape index (κ3) is 1.04. The van der Waals surface area contributed by atoms with Crippen LogP contribution in [0.1, 0.15) is 51.4 Å². The lowest BCUT2D eigenvalue weighted by Crippen LogP contribution is -2.46. The average Bonchev–Trinajstić information content (AvgIpc) is 3.14. The van der Waals surface area contributed by atoms with Crippen molar-refractivity contribution in [2.45, 2.75) is 62.6 Å². The van der Waals surface area contributed by atoms with Crippen molar-refractivity contribution in [1.29, 1.82) is 0 Å². The van der Waals surface area contributed by atoms with E-state index >= 15 is 0 Å². The summed E-state index contributed by atoms with van der Waals surface area (Å²) in [5.74, 6) is -0.136. The van der Waals surface area contributed by atoms with Crippen LogP contribution in [0.15, 0.2) is 0 Å². The quantitative estimate of drug-likeness (QED) is 0.730. The van der Waals surface area contributed by atoms with Gasteiger partial charge in [-0.1, -0.05) is 38.5 Å². The number of methoxy groups -OCH3 is 2. The Hall–Kier alpha value is -1.10. The number of hydrogen-bond acceptors (Lipinski definition) is 5. The first-order chi connectivity index (χ1) is 11.1. The molecule has 6 atom stereocenters. The van der Waals surface area contributed by atoms with Gasteiger partial charge in [0.2, 0.25) is 0 Å². The molecule has 6 unspecified atom stereocenters. The summed E-state index contributed by atoms with van der Waals surface area (Å²) >= 11 is 0. The number of carbonyl (C=O) groups excluding carboxylic acids is 2. The molecule has 3 aliphatic carbocycles. The molecule has 5 heteroatoms. The molecule has 126 valence electrons. The summed E-state index contributed by atoms with van der Waals surface area (Å²) in [5, 5.41) is 0. The van der Waals surface area contributed by atoms with E-state index in [4.69, 9.17) is 14.2 Å². The Morgan fingerprint density at radius 1 is 0.783 bits per heavy atom. The van der Waals surface area contributed by atoms with E-state index in [1.165, 1.54) is 39.9 Å². The summed E-state index contributed by atoms with van der Waals surface area (Å²) in [7, 11) is 2.85. The van der Waals surface area contributed by atoms with Crippen LogP contribution < -0.4 is 0 Å². The fourth-order valence-electron chi connectivity index (χ4n) is 7.32. The van der Waals surface area contributed by atoms with Gasteiger partial charge in [-0.15, -0.1) is 0 Å². The van der Waals surface area contributed by atoms with E-state index in [-0.39, 0.29) is 23.8 Å². The van der Waals surface area contributed by atoms with Crippen molar-refractivity contribution in [2.75, 3.05) is 14.2 Å². The lowest BCUT2D eigenvalue weighted by Gasteiger charge is -2.30. The van der Waals surface area contributed by atoms with E-state index < -0.39 is 22.0 Å². The normalized spacial score (nSPS) is 54.9. The minimum absolute atomic E-state index is 0.181. The van der Waals surface area contributed by atoms with Crippen LogP contribution in [-0.4, -0.2) is 37.4 Å². The van der Waals surface area contributed by atoms with Gasteiger partial charge < -0.3 is 14.2 Å². The summed E-state index contributed by atoms with van der Waals surface area (Å²) in [6.07, 6.45) is 8.75. The van der Waals surface area contributed by atoms with Gasteiger partial charge in [-0.2, -0.15) is 0 Å². The summed E-state index contributed by atoms with van der Waals surface area (Å²) in [6, 6.07) is 0. The highest BCUT2D eigenvalue weighted by molar-refractivity contribution is 6.05.